The molecule has 1 aliphatic heterocycles. The first-order valence-electron chi connectivity index (χ1n) is 10.9. The van der Waals surface area contributed by atoms with Gasteiger partial charge in [0.2, 0.25) is 0 Å². The summed E-state index contributed by atoms with van der Waals surface area (Å²) in [4.78, 5) is 13.1. The molecule has 0 spiro atoms. The lowest BCUT2D eigenvalue weighted by Crippen LogP contribution is -2.53. The van der Waals surface area contributed by atoms with Crippen molar-refractivity contribution in [1.29, 1.82) is 0 Å². The van der Waals surface area contributed by atoms with Crippen LogP contribution in [0.5, 0.6) is 0 Å². The molecule has 0 fully saturated rings. The van der Waals surface area contributed by atoms with E-state index in [0.717, 1.165) is 18.4 Å². The molecule has 4 nitrogen and oxygen atoms in total. The van der Waals surface area contributed by atoms with Gasteiger partial charge in [-0.1, -0.05) is 68.4 Å². The maximum absolute atomic E-state index is 11.0. The van der Waals surface area contributed by atoms with Crippen molar-refractivity contribution in [3.63, 3.8) is 0 Å². The van der Waals surface area contributed by atoms with Crippen molar-refractivity contribution in [2.45, 2.75) is 58.0 Å². The fraction of sp³-hybridized carbons (Fsp3) is 0.333. The summed E-state index contributed by atoms with van der Waals surface area (Å²) in [6.07, 6.45) is 2.03. The molecule has 0 aliphatic carbocycles. The van der Waals surface area contributed by atoms with E-state index in [0.29, 0.717) is 6.54 Å². The lowest BCUT2D eigenvalue weighted by atomic mass is 9.65. The molecule has 0 saturated heterocycles. The quantitative estimate of drug-likeness (QED) is 0.347. The molecule has 0 aromatic heterocycles. The van der Waals surface area contributed by atoms with Crippen LogP contribution in [0.1, 0.15) is 56.4 Å². The summed E-state index contributed by atoms with van der Waals surface area (Å²) in [6.45, 7) is 9.86. The van der Waals surface area contributed by atoms with Crippen LogP contribution in [0, 0.1) is 10.1 Å². The van der Waals surface area contributed by atoms with Crippen LogP contribution in [0.4, 0.5) is 11.4 Å². The summed E-state index contributed by atoms with van der Waals surface area (Å²) < 4.78 is 0. The molecule has 0 N–H and O–H groups in total. The number of nitro groups is 1. The summed E-state index contributed by atoms with van der Waals surface area (Å²) in [6, 6.07) is 24.7. The average Bonchev–Trinajstić information content (AvgIpc) is 2.76. The Morgan fingerprint density at radius 2 is 1.52 bits per heavy atom. The molecule has 3 aromatic rings. The highest BCUT2D eigenvalue weighted by molar-refractivity contribution is 5.64. The average molecular weight is 415 g/mol. The molecule has 0 unspecified atom stereocenters. The molecule has 1 aliphatic rings. The van der Waals surface area contributed by atoms with Crippen molar-refractivity contribution in [3.8, 4) is 0 Å². The molecule has 4 rings (SSSR count). The monoisotopic (exact) mass is 414 g/mol. The van der Waals surface area contributed by atoms with Crippen molar-refractivity contribution in [3.05, 3.63) is 105 Å². The maximum atomic E-state index is 11.0. The van der Waals surface area contributed by atoms with Gasteiger partial charge in [-0.3, -0.25) is 10.1 Å². The largest absolute Gasteiger partial charge is 0.362 e. The number of benzene rings is 3. The van der Waals surface area contributed by atoms with Crippen LogP contribution in [-0.4, -0.2) is 10.5 Å². The molecule has 4 heteroatoms. The third-order valence-electron chi connectivity index (χ3n) is 6.79. The minimum Gasteiger partial charge on any atom is -0.362 e. The summed E-state index contributed by atoms with van der Waals surface area (Å²) in [7, 11) is 0. The van der Waals surface area contributed by atoms with Gasteiger partial charge in [-0.2, -0.15) is 0 Å². The number of rotatable bonds is 5. The van der Waals surface area contributed by atoms with Crippen molar-refractivity contribution in [1.82, 2.24) is 0 Å². The molecule has 31 heavy (non-hydrogen) atoms. The van der Waals surface area contributed by atoms with Crippen LogP contribution < -0.4 is 4.90 Å². The van der Waals surface area contributed by atoms with Crippen molar-refractivity contribution < 1.29 is 4.92 Å². The van der Waals surface area contributed by atoms with Gasteiger partial charge in [0, 0.05) is 35.3 Å². The van der Waals surface area contributed by atoms with Gasteiger partial charge in [0.15, 0.2) is 0 Å². The van der Waals surface area contributed by atoms with E-state index >= 15 is 0 Å². The van der Waals surface area contributed by atoms with Gasteiger partial charge in [0.1, 0.15) is 0 Å². The Balaban J connectivity index is 1.75. The van der Waals surface area contributed by atoms with Crippen molar-refractivity contribution in [2.24, 2.45) is 0 Å². The molecule has 3 aromatic carbocycles. The van der Waals surface area contributed by atoms with Gasteiger partial charge >= 0.3 is 0 Å². The van der Waals surface area contributed by atoms with Gasteiger partial charge in [0.05, 0.1) is 4.92 Å². The van der Waals surface area contributed by atoms with Crippen LogP contribution in [0.25, 0.3) is 0 Å². The second-order valence-electron chi connectivity index (χ2n) is 9.40. The number of anilines is 1. The third kappa shape index (κ3) is 3.83. The molecule has 0 radical (unpaired) electrons. The van der Waals surface area contributed by atoms with Gasteiger partial charge in [-0.25, -0.2) is 0 Å². The van der Waals surface area contributed by atoms with Gasteiger partial charge in [-0.05, 0) is 55.0 Å². The van der Waals surface area contributed by atoms with E-state index in [4.69, 9.17) is 0 Å². The fourth-order valence-electron chi connectivity index (χ4n) is 5.13. The molecule has 1 heterocycles. The van der Waals surface area contributed by atoms with E-state index < -0.39 is 0 Å². The topological polar surface area (TPSA) is 46.4 Å². The summed E-state index contributed by atoms with van der Waals surface area (Å²) in [5.41, 5.74) is 6.30. The molecular formula is C27H30N2O2. The number of nitrogens with zero attached hydrogens (tertiary/aromatic N) is 2. The van der Waals surface area contributed by atoms with Crippen LogP contribution in [0.3, 0.4) is 0 Å². The zero-order valence-electron chi connectivity index (χ0n) is 18.8. The Morgan fingerprint density at radius 1 is 0.903 bits per heavy atom. The van der Waals surface area contributed by atoms with Gasteiger partial charge in [0.25, 0.3) is 5.69 Å². The normalized spacial score (nSPS) is 19.7. The van der Waals surface area contributed by atoms with Crippen LogP contribution in [0.15, 0.2) is 72.8 Å². The molecule has 160 valence electrons. The first-order chi connectivity index (χ1) is 14.7. The standard InChI is InChI=1S/C27H30N2O2/c1-5-20-10-14-22(15-11-20)27(4)19-26(2,3)28(25-9-7-6-8-24(25)27)18-21-12-16-23(17-13-21)29(30)31/h6-17H,5,18-19H2,1-4H3/t27-/m0/s1. The highest BCUT2D eigenvalue weighted by atomic mass is 16.6. The molecule has 1 atom stereocenters. The first-order valence-corrected chi connectivity index (χ1v) is 10.9. The Kier molecular flexibility index (Phi) is 5.34. The van der Waals surface area contributed by atoms with Gasteiger partial charge in [-0.15, -0.1) is 0 Å². The zero-order valence-corrected chi connectivity index (χ0v) is 18.8. The lowest BCUT2D eigenvalue weighted by molar-refractivity contribution is -0.384. The number of para-hydroxylation sites is 1. The Hall–Kier alpha value is -3.14. The third-order valence-corrected chi connectivity index (χ3v) is 6.79. The highest BCUT2D eigenvalue weighted by Gasteiger charge is 2.45. The van der Waals surface area contributed by atoms with Crippen molar-refractivity contribution >= 4 is 11.4 Å². The number of non-ortho nitro benzene ring substituents is 1. The summed E-state index contributed by atoms with van der Waals surface area (Å²) in [5, 5.41) is 11.0. The highest BCUT2D eigenvalue weighted by Crippen LogP contribution is 2.50. The maximum Gasteiger partial charge on any atom is 0.269 e. The smallest absolute Gasteiger partial charge is 0.269 e. The predicted octanol–water partition coefficient (Wildman–Crippen LogP) is 6.65. The van der Waals surface area contributed by atoms with E-state index in [1.54, 1.807) is 12.1 Å². The number of aryl methyl sites for hydroxylation is 1. The van der Waals surface area contributed by atoms with Crippen LogP contribution in [-0.2, 0) is 18.4 Å². The minimum atomic E-state index is -0.348. The van der Waals surface area contributed by atoms with Gasteiger partial charge < -0.3 is 4.90 Å². The summed E-state index contributed by atoms with van der Waals surface area (Å²) in [5.74, 6) is 0. The molecule has 0 saturated carbocycles. The number of fused-ring (bicyclic) bond motifs is 1. The Bertz CT molecular complexity index is 1090. The number of hydrogen-bond donors (Lipinski definition) is 0. The molecule has 0 amide bonds. The van der Waals surface area contributed by atoms with E-state index in [-0.39, 0.29) is 21.6 Å². The molecular weight excluding hydrogens is 384 g/mol. The SMILES string of the molecule is CCc1ccc([C@]2(C)CC(C)(C)N(Cc3ccc([N+](=O)[O-])cc3)c3ccccc32)cc1. The second-order valence-corrected chi connectivity index (χ2v) is 9.40. The Morgan fingerprint density at radius 3 is 2.13 bits per heavy atom. The van der Waals surface area contributed by atoms with Crippen LogP contribution >= 0.6 is 0 Å². The van der Waals surface area contributed by atoms with E-state index in [1.165, 1.54) is 22.4 Å². The lowest BCUT2D eigenvalue weighted by Gasteiger charge is -2.52. The van der Waals surface area contributed by atoms with Crippen LogP contribution in [0.2, 0.25) is 0 Å². The fourth-order valence-corrected chi connectivity index (χ4v) is 5.13. The zero-order chi connectivity index (χ0) is 22.2. The summed E-state index contributed by atoms with van der Waals surface area (Å²) >= 11 is 0. The number of nitro benzene ring substituents is 1. The van der Waals surface area contributed by atoms with Crippen molar-refractivity contribution in [2.75, 3.05) is 4.90 Å². The first kappa shape index (κ1) is 21.1. The van der Waals surface area contributed by atoms with E-state index in [2.05, 4.69) is 81.1 Å². The molecule has 0 bridgehead atoms. The predicted molar refractivity (Wildman–Crippen MR) is 127 cm³/mol. The van der Waals surface area contributed by atoms with E-state index in [1.807, 2.05) is 12.1 Å². The minimum absolute atomic E-state index is 0.0850. The second kappa shape index (κ2) is 7.84. The Labute approximate surface area is 184 Å². The van der Waals surface area contributed by atoms with E-state index in [9.17, 15) is 10.1 Å². The number of hydrogen-bond acceptors (Lipinski definition) is 3.